The van der Waals surface area contributed by atoms with Crippen LogP contribution in [0.3, 0.4) is 0 Å². The van der Waals surface area contributed by atoms with Gasteiger partial charge in [0.25, 0.3) is 0 Å². The Hall–Kier alpha value is -0.650. The maximum atomic E-state index is 12.0. The van der Waals surface area contributed by atoms with Crippen molar-refractivity contribution in [1.29, 1.82) is 0 Å². The van der Waals surface area contributed by atoms with Gasteiger partial charge in [-0.3, -0.25) is 4.79 Å². The van der Waals surface area contributed by atoms with Crippen molar-refractivity contribution in [3.8, 4) is 0 Å². The Kier molecular flexibility index (Phi) is 3.70. The van der Waals surface area contributed by atoms with E-state index in [1.54, 1.807) is 0 Å². The van der Waals surface area contributed by atoms with Gasteiger partial charge in [0, 0.05) is 26.2 Å². The molecule has 2 heterocycles. The van der Waals surface area contributed by atoms with Crippen LogP contribution in [0, 0.1) is 5.41 Å². The summed E-state index contributed by atoms with van der Waals surface area (Å²) in [6.45, 7) is 1.87. The maximum absolute atomic E-state index is 12.0. The highest BCUT2D eigenvalue weighted by Crippen LogP contribution is 2.46. The van der Waals surface area contributed by atoms with Crippen LogP contribution in [-0.2, 0) is 19.0 Å². The molecule has 2 saturated heterocycles. The molecule has 5 nitrogen and oxygen atoms in total. The van der Waals surface area contributed by atoms with Crippen LogP contribution in [-0.4, -0.2) is 50.2 Å². The second-order valence-corrected chi connectivity index (χ2v) is 4.87. The molecule has 0 aliphatic carbocycles. The van der Waals surface area contributed by atoms with E-state index in [1.165, 1.54) is 7.11 Å². The largest absolute Gasteiger partial charge is 0.468 e. The molecule has 0 bridgehead atoms. The molecular weight excluding hydrogens is 224 g/mol. The van der Waals surface area contributed by atoms with Gasteiger partial charge in [0.1, 0.15) is 5.41 Å². The summed E-state index contributed by atoms with van der Waals surface area (Å²) in [6, 6.07) is 0. The zero-order valence-electron chi connectivity index (χ0n) is 10.2. The van der Waals surface area contributed by atoms with Gasteiger partial charge in [0.2, 0.25) is 0 Å². The first-order valence-corrected chi connectivity index (χ1v) is 6.11. The first kappa shape index (κ1) is 12.8. The molecule has 2 atom stereocenters. The number of aliphatic hydroxyl groups is 1. The number of hydrogen-bond acceptors (Lipinski definition) is 5. The Bertz CT molecular complexity index is 275. The van der Waals surface area contributed by atoms with Gasteiger partial charge in [0.15, 0.2) is 0 Å². The van der Waals surface area contributed by atoms with Crippen molar-refractivity contribution in [2.24, 2.45) is 5.41 Å². The van der Waals surface area contributed by atoms with Crippen LogP contribution >= 0.6 is 0 Å². The van der Waals surface area contributed by atoms with Crippen LogP contribution in [0.4, 0.5) is 0 Å². The molecule has 0 aromatic heterocycles. The highest BCUT2D eigenvalue weighted by Gasteiger charge is 2.58. The van der Waals surface area contributed by atoms with Crippen molar-refractivity contribution in [2.75, 3.05) is 33.5 Å². The van der Waals surface area contributed by atoms with Crippen LogP contribution in [0.2, 0.25) is 0 Å². The topological polar surface area (TPSA) is 65.0 Å². The molecule has 0 spiro atoms. The molecule has 2 rings (SSSR count). The fraction of sp³-hybridized carbons (Fsp3) is 0.917. The number of methoxy groups -OCH3 is 1. The minimum Gasteiger partial charge on any atom is -0.468 e. The first-order chi connectivity index (χ1) is 8.15. The van der Waals surface area contributed by atoms with Gasteiger partial charge in [-0.25, -0.2) is 0 Å². The minimum absolute atomic E-state index is 0.246. The second kappa shape index (κ2) is 4.92. The lowest BCUT2D eigenvalue weighted by Gasteiger charge is -2.41. The van der Waals surface area contributed by atoms with Gasteiger partial charge < -0.3 is 19.3 Å². The van der Waals surface area contributed by atoms with E-state index in [4.69, 9.17) is 14.2 Å². The molecule has 17 heavy (non-hydrogen) atoms. The van der Waals surface area contributed by atoms with Crippen molar-refractivity contribution >= 4 is 5.97 Å². The van der Waals surface area contributed by atoms with Crippen LogP contribution in [0.25, 0.3) is 0 Å². The molecule has 0 radical (unpaired) electrons. The molecule has 1 N–H and O–H groups in total. The molecule has 2 aliphatic rings. The second-order valence-electron chi connectivity index (χ2n) is 4.87. The number of carbonyl (C=O) groups is 1. The van der Waals surface area contributed by atoms with E-state index < -0.39 is 11.0 Å². The third kappa shape index (κ3) is 2.07. The highest BCUT2D eigenvalue weighted by atomic mass is 16.5. The van der Waals surface area contributed by atoms with Crippen LogP contribution in [0.15, 0.2) is 0 Å². The summed E-state index contributed by atoms with van der Waals surface area (Å²) in [5.74, 6) is -0.362. The Morgan fingerprint density at radius 3 is 2.59 bits per heavy atom. The molecule has 2 fully saturated rings. The number of esters is 1. The standard InChI is InChI=1S/C12H20O5/c1-15-10(13)11(4-7-17-9-11)12(14)3-2-6-16-8-5-12/h14H,2-9H2,1H3. The van der Waals surface area contributed by atoms with E-state index in [1.807, 2.05) is 0 Å². The molecule has 98 valence electrons. The molecule has 2 aliphatic heterocycles. The molecule has 0 aromatic carbocycles. The van der Waals surface area contributed by atoms with Gasteiger partial charge in [-0.05, 0) is 19.3 Å². The number of rotatable bonds is 2. The zero-order chi connectivity index (χ0) is 12.4. The molecule has 0 aromatic rings. The number of carbonyl (C=O) groups excluding carboxylic acids is 1. The van der Waals surface area contributed by atoms with Crippen LogP contribution in [0.1, 0.15) is 25.7 Å². The van der Waals surface area contributed by atoms with Gasteiger partial charge in [-0.2, -0.15) is 0 Å². The van der Waals surface area contributed by atoms with Crippen molar-refractivity contribution < 1.29 is 24.1 Å². The number of hydrogen-bond donors (Lipinski definition) is 1. The summed E-state index contributed by atoms with van der Waals surface area (Å²) >= 11 is 0. The van der Waals surface area contributed by atoms with E-state index in [0.29, 0.717) is 39.1 Å². The van der Waals surface area contributed by atoms with Crippen LogP contribution < -0.4 is 0 Å². The van der Waals surface area contributed by atoms with Crippen molar-refractivity contribution in [3.63, 3.8) is 0 Å². The molecular formula is C12H20O5. The summed E-state index contributed by atoms with van der Waals surface area (Å²) in [7, 11) is 1.36. The summed E-state index contributed by atoms with van der Waals surface area (Å²) in [4.78, 5) is 12.0. The van der Waals surface area contributed by atoms with E-state index in [9.17, 15) is 9.90 Å². The fourth-order valence-electron chi connectivity index (χ4n) is 2.89. The average molecular weight is 244 g/mol. The van der Waals surface area contributed by atoms with E-state index in [2.05, 4.69) is 0 Å². The van der Waals surface area contributed by atoms with Crippen molar-refractivity contribution in [2.45, 2.75) is 31.3 Å². The fourth-order valence-corrected chi connectivity index (χ4v) is 2.89. The van der Waals surface area contributed by atoms with E-state index in [-0.39, 0.29) is 12.6 Å². The molecule has 5 heteroatoms. The Morgan fingerprint density at radius 1 is 1.18 bits per heavy atom. The predicted octanol–water partition coefficient (Wildman–Crippen LogP) is 0.498. The quantitative estimate of drug-likeness (QED) is 0.716. The van der Waals surface area contributed by atoms with Crippen molar-refractivity contribution in [3.05, 3.63) is 0 Å². The molecule has 0 saturated carbocycles. The Morgan fingerprint density at radius 2 is 1.94 bits per heavy atom. The lowest BCUT2D eigenvalue weighted by atomic mass is 9.67. The minimum atomic E-state index is -1.06. The molecule has 2 unspecified atom stereocenters. The van der Waals surface area contributed by atoms with E-state index >= 15 is 0 Å². The monoisotopic (exact) mass is 244 g/mol. The lowest BCUT2D eigenvalue weighted by Crippen LogP contribution is -2.54. The Labute approximate surface area is 101 Å². The van der Waals surface area contributed by atoms with Crippen molar-refractivity contribution in [1.82, 2.24) is 0 Å². The lowest BCUT2D eigenvalue weighted by molar-refractivity contribution is -0.175. The third-order valence-corrected chi connectivity index (χ3v) is 4.03. The van der Waals surface area contributed by atoms with Gasteiger partial charge in [0.05, 0.1) is 19.3 Å². The maximum Gasteiger partial charge on any atom is 0.317 e. The summed E-state index contributed by atoms with van der Waals surface area (Å²) in [6.07, 6.45) is 2.31. The SMILES string of the molecule is COC(=O)C1(C2(O)CCCOCC2)CCOC1. The van der Waals surface area contributed by atoms with Gasteiger partial charge in [-0.15, -0.1) is 0 Å². The summed E-state index contributed by atoms with van der Waals surface area (Å²) in [5, 5.41) is 10.8. The third-order valence-electron chi connectivity index (χ3n) is 4.03. The summed E-state index contributed by atoms with van der Waals surface area (Å²) < 4.78 is 15.6. The predicted molar refractivity (Wildman–Crippen MR) is 59.5 cm³/mol. The van der Waals surface area contributed by atoms with E-state index in [0.717, 1.165) is 6.42 Å². The normalized spacial score (nSPS) is 38.7. The zero-order valence-corrected chi connectivity index (χ0v) is 10.2. The summed E-state index contributed by atoms with van der Waals surface area (Å²) in [5.41, 5.74) is -1.97. The Balaban J connectivity index is 2.27. The first-order valence-electron chi connectivity index (χ1n) is 6.11. The highest BCUT2D eigenvalue weighted by molar-refractivity contribution is 5.79. The molecule has 0 amide bonds. The average Bonchev–Trinajstić information content (AvgIpc) is 2.74. The van der Waals surface area contributed by atoms with Gasteiger partial charge >= 0.3 is 5.97 Å². The van der Waals surface area contributed by atoms with Crippen LogP contribution in [0.5, 0.6) is 0 Å². The van der Waals surface area contributed by atoms with Gasteiger partial charge in [-0.1, -0.05) is 0 Å². The smallest absolute Gasteiger partial charge is 0.317 e. The number of ether oxygens (including phenoxy) is 3.